The van der Waals surface area contributed by atoms with Crippen LogP contribution in [0.15, 0.2) is 29.2 Å². The van der Waals surface area contributed by atoms with Crippen LogP contribution in [0.5, 0.6) is 0 Å². The number of amides is 2. The summed E-state index contributed by atoms with van der Waals surface area (Å²) in [7, 11) is -1.97. The molecule has 0 radical (unpaired) electrons. The summed E-state index contributed by atoms with van der Waals surface area (Å²) >= 11 is 0. The molecule has 7 heteroatoms. The average Bonchev–Trinajstić information content (AvgIpc) is 2.34. The van der Waals surface area contributed by atoms with Crippen LogP contribution in [-0.2, 0) is 16.6 Å². The van der Waals surface area contributed by atoms with Gasteiger partial charge in [0.05, 0.1) is 4.90 Å². The summed E-state index contributed by atoms with van der Waals surface area (Å²) < 4.78 is 22.1. The highest BCUT2D eigenvalue weighted by molar-refractivity contribution is 7.89. The molecule has 0 fully saturated rings. The van der Waals surface area contributed by atoms with Crippen LogP contribution in [-0.4, -0.2) is 32.9 Å². The van der Waals surface area contributed by atoms with E-state index in [-0.39, 0.29) is 10.9 Å². The minimum Gasteiger partial charge on any atom is -0.334 e. The van der Waals surface area contributed by atoms with E-state index in [0.29, 0.717) is 13.1 Å². The zero-order chi connectivity index (χ0) is 13.8. The second-order valence-corrected chi connectivity index (χ2v) is 5.42. The highest BCUT2D eigenvalue weighted by Crippen LogP contribution is 2.08. The van der Waals surface area contributed by atoms with Crippen molar-refractivity contribution in [3.63, 3.8) is 0 Å². The zero-order valence-corrected chi connectivity index (χ0v) is 11.2. The first-order valence-electron chi connectivity index (χ1n) is 5.45. The molecule has 0 aliphatic carbocycles. The van der Waals surface area contributed by atoms with Crippen molar-refractivity contribution < 1.29 is 13.2 Å². The molecule has 1 aromatic carbocycles. The number of nitrogens with one attached hydrogen (secondary N) is 1. The number of carbonyl (C=O) groups is 1. The number of urea groups is 1. The predicted molar refractivity (Wildman–Crippen MR) is 68.4 cm³/mol. The van der Waals surface area contributed by atoms with Gasteiger partial charge in [-0.05, 0) is 24.6 Å². The molecule has 2 amide bonds. The molecular weight excluding hydrogens is 254 g/mol. The molecule has 1 rings (SSSR count). The van der Waals surface area contributed by atoms with Crippen molar-refractivity contribution >= 4 is 16.1 Å². The SMILES string of the molecule is CCN(C)C(=O)NCc1ccc(S(N)(=O)=O)cc1. The van der Waals surface area contributed by atoms with Crippen molar-refractivity contribution in [2.24, 2.45) is 5.14 Å². The van der Waals surface area contributed by atoms with E-state index in [1.54, 1.807) is 24.1 Å². The van der Waals surface area contributed by atoms with Gasteiger partial charge in [-0.15, -0.1) is 0 Å². The van der Waals surface area contributed by atoms with E-state index in [1.807, 2.05) is 6.92 Å². The molecule has 0 aliphatic heterocycles. The highest BCUT2D eigenvalue weighted by Gasteiger charge is 2.08. The number of nitrogens with two attached hydrogens (primary N) is 1. The number of sulfonamides is 1. The second-order valence-electron chi connectivity index (χ2n) is 3.86. The van der Waals surface area contributed by atoms with Crippen LogP contribution in [0.25, 0.3) is 0 Å². The maximum Gasteiger partial charge on any atom is 0.317 e. The van der Waals surface area contributed by atoms with Gasteiger partial charge in [-0.25, -0.2) is 18.4 Å². The Balaban J connectivity index is 2.63. The van der Waals surface area contributed by atoms with E-state index < -0.39 is 10.0 Å². The Bertz CT molecular complexity index is 511. The van der Waals surface area contributed by atoms with Gasteiger partial charge in [-0.3, -0.25) is 0 Å². The van der Waals surface area contributed by atoms with Crippen LogP contribution in [0, 0.1) is 0 Å². The first-order valence-corrected chi connectivity index (χ1v) is 7.00. The number of hydrogen-bond donors (Lipinski definition) is 2. The first-order chi connectivity index (χ1) is 8.34. The lowest BCUT2D eigenvalue weighted by Gasteiger charge is -2.15. The van der Waals surface area contributed by atoms with Crippen molar-refractivity contribution in [2.75, 3.05) is 13.6 Å². The molecule has 0 heterocycles. The maximum absolute atomic E-state index is 11.5. The van der Waals surface area contributed by atoms with Crippen LogP contribution < -0.4 is 10.5 Å². The molecule has 0 atom stereocenters. The molecule has 18 heavy (non-hydrogen) atoms. The summed E-state index contributed by atoms with van der Waals surface area (Å²) in [6, 6.07) is 5.89. The van der Waals surface area contributed by atoms with E-state index in [0.717, 1.165) is 5.56 Å². The van der Waals surface area contributed by atoms with Crippen LogP contribution in [0.2, 0.25) is 0 Å². The monoisotopic (exact) mass is 271 g/mol. The Kier molecular flexibility index (Phi) is 4.69. The third-order valence-electron chi connectivity index (χ3n) is 2.52. The molecule has 0 spiro atoms. The molecule has 0 aromatic heterocycles. The molecule has 0 saturated heterocycles. The molecule has 0 unspecified atom stereocenters. The van der Waals surface area contributed by atoms with Crippen molar-refractivity contribution in [2.45, 2.75) is 18.4 Å². The van der Waals surface area contributed by atoms with Gasteiger partial charge in [-0.1, -0.05) is 12.1 Å². The predicted octanol–water partition coefficient (Wildman–Crippen LogP) is 0.495. The Hall–Kier alpha value is -1.60. The largest absolute Gasteiger partial charge is 0.334 e. The maximum atomic E-state index is 11.5. The van der Waals surface area contributed by atoms with Gasteiger partial charge in [0.1, 0.15) is 0 Å². The number of carbonyl (C=O) groups excluding carboxylic acids is 1. The molecule has 1 aromatic rings. The summed E-state index contributed by atoms with van der Waals surface area (Å²) in [6.07, 6.45) is 0. The topological polar surface area (TPSA) is 92.5 Å². The Morgan fingerprint density at radius 2 is 1.89 bits per heavy atom. The fourth-order valence-electron chi connectivity index (χ4n) is 1.25. The van der Waals surface area contributed by atoms with Gasteiger partial charge >= 0.3 is 6.03 Å². The number of hydrogen-bond acceptors (Lipinski definition) is 3. The Morgan fingerprint density at radius 1 is 1.33 bits per heavy atom. The molecule has 0 aliphatic rings. The minimum absolute atomic E-state index is 0.0586. The molecule has 0 bridgehead atoms. The van der Waals surface area contributed by atoms with E-state index in [2.05, 4.69) is 5.32 Å². The number of rotatable bonds is 4. The Morgan fingerprint density at radius 3 is 2.33 bits per heavy atom. The quantitative estimate of drug-likeness (QED) is 0.835. The van der Waals surface area contributed by atoms with Crippen molar-refractivity contribution in [1.82, 2.24) is 10.2 Å². The van der Waals surface area contributed by atoms with Crippen LogP contribution in [0.1, 0.15) is 12.5 Å². The van der Waals surface area contributed by atoms with Gasteiger partial charge in [0, 0.05) is 20.1 Å². The fraction of sp³-hybridized carbons (Fsp3) is 0.364. The third kappa shape index (κ3) is 4.01. The smallest absolute Gasteiger partial charge is 0.317 e. The van der Waals surface area contributed by atoms with Gasteiger partial charge in [0.2, 0.25) is 10.0 Å². The fourth-order valence-corrected chi connectivity index (χ4v) is 1.77. The molecule has 100 valence electrons. The van der Waals surface area contributed by atoms with E-state index >= 15 is 0 Å². The summed E-state index contributed by atoms with van der Waals surface area (Å²) in [4.78, 5) is 13.1. The molecule has 6 nitrogen and oxygen atoms in total. The van der Waals surface area contributed by atoms with Crippen LogP contribution in [0.4, 0.5) is 4.79 Å². The lowest BCUT2D eigenvalue weighted by Crippen LogP contribution is -2.36. The van der Waals surface area contributed by atoms with Crippen LogP contribution in [0.3, 0.4) is 0 Å². The summed E-state index contributed by atoms with van der Waals surface area (Å²) in [5, 5.41) is 7.70. The second kappa shape index (κ2) is 5.83. The summed E-state index contributed by atoms with van der Waals surface area (Å²) in [5.74, 6) is 0. The van der Waals surface area contributed by atoms with Crippen molar-refractivity contribution in [3.8, 4) is 0 Å². The van der Waals surface area contributed by atoms with E-state index in [4.69, 9.17) is 5.14 Å². The molecule has 3 N–H and O–H groups in total. The van der Waals surface area contributed by atoms with Crippen molar-refractivity contribution in [3.05, 3.63) is 29.8 Å². The van der Waals surface area contributed by atoms with E-state index in [9.17, 15) is 13.2 Å². The zero-order valence-electron chi connectivity index (χ0n) is 10.4. The van der Waals surface area contributed by atoms with E-state index in [1.165, 1.54) is 12.1 Å². The van der Waals surface area contributed by atoms with Gasteiger partial charge in [-0.2, -0.15) is 0 Å². The standard InChI is InChI=1S/C11H17N3O3S/c1-3-14(2)11(15)13-8-9-4-6-10(7-5-9)18(12,16)17/h4-7H,3,8H2,1-2H3,(H,13,15)(H2,12,16,17). The first kappa shape index (κ1) is 14.5. The molecular formula is C11H17N3O3S. The number of benzene rings is 1. The number of nitrogens with zero attached hydrogens (tertiary/aromatic N) is 1. The minimum atomic E-state index is -3.66. The van der Waals surface area contributed by atoms with Gasteiger partial charge < -0.3 is 10.2 Å². The van der Waals surface area contributed by atoms with Crippen molar-refractivity contribution in [1.29, 1.82) is 0 Å². The normalized spacial score (nSPS) is 11.1. The summed E-state index contributed by atoms with van der Waals surface area (Å²) in [6.45, 7) is 2.84. The highest BCUT2D eigenvalue weighted by atomic mass is 32.2. The Labute approximate surface area is 107 Å². The lowest BCUT2D eigenvalue weighted by molar-refractivity contribution is 0.210. The third-order valence-corrected chi connectivity index (χ3v) is 3.45. The van der Waals surface area contributed by atoms with Gasteiger partial charge in [0.15, 0.2) is 0 Å². The number of primary sulfonamides is 1. The molecule has 0 saturated carbocycles. The average molecular weight is 271 g/mol. The van der Waals surface area contributed by atoms with Crippen LogP contribution >= 0.6 is 0 Å². The summed E-state index contributed by atoms with van der Waals surface area (Å²) in [5.41, 5.74) is 0.806. The lowest BCUT2D eigenvalue weighted by atomic mass is 10.2. The van der Waals surface area contributed by atoms with Gasteiger partial charge in [0.25, 0.3) is 0 Å².